The zero-order chi connectivity index (χ0) is 35.8. The summed E-state index contributed by atoms with van der Waals surface area (Å²) < 4.78 is 26.8. The first-order valence-electron chi connectivity index (χ1n) is 14.4. The number of allylic oxidation sites excluding steroid dienone is 2. The first-order chi connectivity index (χ1) is 21.7. The number of aromatic hydroxyl groups is 1. The molecular formula is C33H55F2N5O5. The van der Waals surface area contributed by atoms with E-state index in [1.807, 2.05) is 59.7 Å². The maximum atomic E-state index is 12.6. The maximum Gasteiger partial charge on any atom is 0.277 e. The van der Waals surface area contributed by atoms with Crippen LogP contribution in [0.15, 0.2) is 60.4 Å². The van der Waals surface area contributed by atoms with E-state index in [1.54, 1.807) is 31.4 Å². The fourth-order valence-corrected chi connectivity index (χ4v) is 3.18. The first kappa shape index (κ1) is 47.9. The number of aliphatic hydroxyl groups excluding tert-OH is 1. The molecule has 45 heavy (non-hydrogen) atoms. The highest BCUT2D eigenvalue weighted by atomic mass is 19.1. The van der Waals surface area contributed by atoms with Crippen LogP contribution in [0.3, 0.4) is 0 Å². The van der Waals surface area contributed by atoms with Gasteiger partial charge in [0, 0.05) is 45.9 Å². The minimum atomic E-state index is -0.638. The number of methoxy groups -OCH3 is 1. The van der Waals surface area contributed by atoms with Crippen molar-refractivity contribution in [3.63, 3.8) is 0 Å². The van der Waals surface area contributed by atoms with Crippen LogP contribution in [0.2, 0.25) is 0 Å². The van der Waals surface area contributed by atoms with Gasteiger partial charge in [0.2, 0.25) is 5.43 Å². The third-order valence-electron chi connectivity index (χ3n) is 5.01. The summed E-state index contributed by atoms with van der Waals surface area (Å²) in [5.74, 6) is 1.47. The SMILES string of the molecule is C#CC(NCC)c1cn2c(c(O)c1=O)C(=O)N(CCOC)CN2C.C=CC.CC.CC/C=C/F.CF.CO.Cc1ccccn1. The summed E-state index contributed by atoms with van der Waals surface area (Å²) in [6, 6.07) is 5.22. The van der Waals surface area contributed by atoms with Crippen molar-refractivity contribution in [2.45, 2.75) is 54.0 Å². The van der Waals surface area contributed by atoms with Gasteiger partial charge in [0.15, 0.2) is 11.4 Å². The number of alkyl halides is 1. The van der Waals surface area contributed by atoms with Gasteiger partial charge in [-0.2, -0.15) is 0 Å². The molecule has 10 nitrogen and oxygen atoms in total. The van der Waals surface area contributed by atoms with Crippen molar-refractivity contribution >= 4 is 5.91 Å². The van der Waals surface area contributed by atoms with Gasteiger partial charge in [0.25, 0.3) is 5.91 Å². The average Bonchev–Trinajstić information content (AvgIpc) is 3.07. The van der Waals surface area contributed by atoms with E-state index in [1.165, 1.54) is 21.8 Å². The minimum Gasteiger partial charge on any atom is -0.502 e. The number of amides is 1. The van der Waals surface area contributed by atoms with Crippen molar-refractivity contribution in [3.8, 4) is 18.1 Å². The van der Waals surface area contributed by atoms with Crippen LogP contribution >= 0.6 is 0 Å². The van der Waals surface area contributed by atoms with Crippen LogP contribution in [0, 0.1) is 19.3 Å². The molecule has 3 rings (SSSR count). The number of hydrogen-bond acceptors (Lipinski definition) is 8. The molecule has 1 aliphatic rings. The topological polar surface area (TPSA) is 120 Å². The lowest BCUT2D eigenvalue weighted by molar-refractivity contribution is 0.0630. The molecule has 2 aromatic heterocycles. The number of carbonyl (C=O) groups excluding carboxylic acids is 1. The summed E-state index contributed by atoms with van der Waals surface area (Å²) in [4.78, 5) is 30.5. The van der Waals surface area contributed by atoms with E-state index in [-0.39, 0.29) is 11.3 Å². The Morgan fingerprint density at radius 2 is 1.82 bits per heavy atom. The number of aliphatic hydroxyl groups is 1. The third kappa shape index (κ3) is 19.1. The molecule has 0 spiro atoms. The quantitative estimate of drug-likeness (QED) is 0.281. The molecular weight excluding hydrogens is 584 g/mol. The van der Waals surface area contributed by atoms with Crippen molar-refractivity contribution in [2.75, 3.05) is 59.8 Å². The van der Waals surface area contributed by atoms with Crippen LogP contribution in [-0.2, 0) is 4.74 Å². The summed E-state index contributed by atoms with van der Waals surface area (Å²) in [5.41, 5.74) is 0.592. The normalized spacial score (nSPS) is 11.2. The predicted molar refractivity (Wildman–Crippen MR) is 181 cm³/mol. The number of aryl methyl sites for hydroxylation is 1. The van der Waals surface area contributed by atoms with E-state index < -0.39 is 23.1 Å². The number of nitrogens with zero attached hydrogens (tertiary/aromatic N) is 4. The lowest BCUT2D eigenvalue weighted by Crippen LogP contribution is -2.53. The van der Waals surface area contributed by atoms with Gasteiger partial charge in [0.05, 0.1) is 31.7 Å². The smallest absolute Gasteiger partial charge is 0.277 e. The lowest BCUT2D eigenvalue weighted by atomic mass is 10.1. The molecule has 0 bridgehead atoms. The second-order valence-corrected chi connectivity index (χ2v) is 8.12. The molecule has 3 N–H and O–H groups in total. The summed E-state index contributed by atoms with van der Waals surface area (Å²) in [6.45, 7) is 16.6. The van der Waals surface area contributed by atoms with Gasteiger partial charge in [-0.05, 0) is 38.9 Å². The average molecular weight is 640 g/mol. The number of fused-ring (bicyclic) bond motifs is 1. The zero-order valence-electron chi connectivity index (χ0n) is 28.7. The number of aromatic nitrogens is 2. The van der Waals surface area contributed by atoms with Crippen LogP contribution in [0.5, 0.6) is 5.75 Å². The fourth-order valence-electron chi connectivity index (χ4n) is 3.18. The van der Waals surface area contributed by atoms with Gasteiger partial charge in [-0.25, -0.2) is 4.39 Å². The summed E-state index contributed by atoms with van der Waals surface area (Å²) in [6.07, 6.45) is 13.3. The summed E-state index contributed by atoms with van der Waals surface area (Å²) in [5, 5.41) is 22.0. The number of pyridine rings is 2. The van der Waals surface area contributed by atoms with E-state index in [9.17, 15) is 23.5 Å². The minimum absolute atomic E-state index is 0.0686. The standard InChI is InChI=1S/C16H22N4O4.C6H7N.C4H7F.C3H6.C2H6.CH3F.CH4O/c1-5-12(17-6-2)11-9-20-13(15(22)14(11)21)16(23)19(7-8-24-4)10-18(20)3;1-6-4-2-3-5-7-6;1-2-3-4-5;1-3-2;3*1-2/h1,9,12,17,22H,6-8,10H2,2-4H3;2-5H,1H3;3-4H,2H2,1H3;3H,1H2,2H3;1-2H3;1H3;2H,1H3/b;;4-3+;;;;. The second kappa shape index (κ2) is 32.9. The molecule has 0 fully saturated rings. The predicted octanol–water partition coefficient (Wildman–Crippen LogP) is 5.15. The molecule has 0 saturated carbocycles. The largest absolute Gasteiger partial charge is 0.502 e. The molecule has 0 saturated heterocycles. The van der Waals surface area contributed by atoms with Crippen LogP contribution in [-0.4, -0.2) is 85.5 Å². The van der Waals surface area contributed by atoms with Crippen LogP contribution in [0.1, 0.15) is 68.8 Å². The van der Waals surface area contributed by atoms with Crippen LogP contribution < -0.4 is 15.8 Å². The van der Waals surface area contributed by atoms with E-state index >= 15 is 0 Å². The third-order valence-corrected chi connectivity index (χ3v) is 5.01. The highest BCUT2D eigenvalue weighted by molar-refractivity contribution is 5.96. The van der Waals surface area contributed by atoms with Crippen molar-refractivity contribution in [1.29, 1.82) is 0 Å². The van der Waals surface area contributed by atoms with Crippen molar-refractivity contribution < 1.29 is 28.5 Å². The molecule has 12 heteroatoms. The second-order valence-electron chi connectivity index (χ2n) is 8.12. The Labute approximate surface area is 269 Å². The Morgan fingerprint density at radius 3 is 2.18 bits per heavy atom. The van der Waals surface area contributed by atoms with Gasteiger partial charge in [0.1, 0.15) is 6.67 Å². The molecule has 1 atom stereocenters. The number of carbonyl (C=O) groups is 1. The molecule has 1 amide bonds. The van der Waals surface area contributed by atoms with Gasteiger partial charge in [-0.15, -0.1) is 13.0 Å². The Morgan fingerprint density at radius 1 is 1.24 bits per heavy atom. The molecule has 0 aliphatic carbocycles. The Hall–Kier alpha value is -4.05. The van der Waals surface area contributed by atoms with Crippen LogP contribution in [0.4, 0.5) is 8.78 Å². The van der Waals surface area contributed by atoms with Gasteiger partial charge in [-0.3, -0.25) is 28.6 Å². The summed E-state index contributed by atoms with van der Waals surface area (Å²) >= 11 is 0. The van der Waals surface area contributed by atoms with Gasteiger partial charge < -0.3 is 25.2 Å². The molecule has 256 valence electrons. The number of rotatable bonds is 7. The molecule has 1 aliphatic heterocycles. The number of terminal acetylenes is 1. The van der Waals surface area contributed by atoms with Crippen molar-refractivity contribution in [3.05, 3.63) is 82.8 Å². The fraction of sp³-hybridized carbons (Fsp3) is 0.485. The highest BCUT2D eigenvalue weighted by Gasteiger charge is 2.32. The molecule has 0 radical (unpaired) electrons. The Balaban J connectivity index is -0.000000326. The van der Waals surface area contributed by atoms with E-state index in [4.69, 9.17) is 16.3 Å². The Bertz CT molecular complexity index is 1140. The molecule has 2 aromatic rings. The number of hydrogen-bond donors (Lipinski definition) is 3. The van der Waals surface area contributed by atoms with E-state index in [2.05, 4.69) is 22.8 Å². The molecule has 1 unspecified atom stereocenters. The number of nitrogens with one attached hydrogen (secondary N) is 1. The highest BCUT2D eigenvalue weighted by Crippen LogP contribution is 2.22. The Kier molecular flexibility index (Phi) is 35.0. The molecule has 0 aromatic carbocycles. The van der Waals surface area contributed by atoms with E-state index in [0.29, 0.717) is 39.9 Å². The number of ether oxygens (including phenoxy) is 1. The zero-order valence-corrected chi connectivity index (χ0v) is 28.7. The monoisotopic (exact) mass is 639 g/mol. The lowest BCUT2D eigenvalue weighted by Gasteiger charge is -2.37. The van der Waals surface area contributed by atoms with Gasteiger partial charge >= 0.3 is 0 Å². The van der Waals surface area contributed by atoms with Crippen molar-refractivity contribution in [1.82, 2.24) is 19.9 Å². The van der Waals surface area contributed by atoms with E-state index in [0.717, 1.165) is 19.2 Å². The first-order valence-corrected chi connectivity index (χ1v) is 14.4. The maximum absolute atomic E-state index is 12.6. The van der Waals surface area contributed by atoms with Crippen molar-refractivity contribution in [2.24, 2.45) is 0 Å². The van der Waals surface area contributed by atoms with Gasteiger partial charge in [-0.1, -0.05) is 51.8 Å². The number of halogens is 2. The van der Waals surface area contributed by atoms with Crippen LogP contribution in [0.25, 0.3) is 0 Å². The molecule has 3 heterocycles. The summed E-state index contributed by atoms with van der Waals surface area (Å²) in [7, 11) is 4.79.